The molecule has 1 amide bonds. The molecule has 8 nitrogen and oxygen atoms in total. The average Bonchev–Trinajstić information content (AvgIpc) is 3.02. The van der Waals surface area contributed by atoms with Gasteiger partial charge in [0.1, 0.15) is 17.9 Å². The van der Waals surface area contributed by atoms with Gasteiger partial charge in [-0.2, -0.15) is 0 Å². The van der Waals surface area contributed by atoms with E-state index >= 15 is 0 Å². The van der Waals surface area contributed by atoms with Crippen molar-refractivity contribution in [2.45, 2.75) is 46.4 Å². The molecule has 0 spiro atoms. The number of pyridine rings is 1. The number of hydrogen-bond donors (Lipinski definition) is 2. The number of ether oxygens (including phenoxy) is 2. The van der Waals surface area contributed by atoms with Crippen molar-refractivity contribution in [3.05, 3.63) is 30.1 Å². The molecule has 0 bridgehead atoms. The number of carbonyl (C=O) groups is 1. The first-order valence-electron chi connectivity index (χ1n) is 9.82. The molecule has 3 aromatic rings. The van der Waals surface area contributed by atoms with Gasteiger partial charge in [0, 0.05) is 25.5 Å². The minimum Gasteiger partial charge on any atom is -0.382 e. The lowest BCUT2D eigenvalue weighted by atomic mass is 10.1. The molecular weight excluding hydrogens is 370 g/mol. The zero-order chi connectivity index (χ0) is 21.0. The zero-order valence-corrected chi connectivity index (χ0v) is 17.5. The van der Waals surface area contributed by atoms with Gasteiger partial charge in [-0.1, -0.05) is 18.2 Å². The Kier molecular flexibility index (Phi) is 6.34. The lowest BCUT2D eigenvalue weighted by Gasteiger charge is -2.27. The van der Waals surface area contributed by atoms with Crippen molar-refractivity contribution in [3.63, 3.8) is 0 Å². The van der Waals surface area contributed by atoms with Crippen molar-refractivity contribution in [2.24, 2.45) is 0 Å². The van der Waals surface area contributed by atoms with E-state index in [2.05, 4.69) is 14.9 Å². The van der Waals surface area contributed by atoms with Gasteiger partial charge in [0.25, 0.3) is 0 Å². The number of rotatable bonds is 9. The molecular formula is C21H29N5O3. The number of anilines is 1. The van der Waals surface area contributed by atoms with Gasteiger partial charge in [-0.3, -0.25) is 4.79 Å². The predicted molar refractivity (Wildman–Crippen MR) is 113 cm³/mol. The fraction of sp³-hybridized carbons (Fsp3) is 0.476. The number of nitrogens with two attached hydrogens (primary N) is 1. The Morgan fingerprint density at radius 2 is 2.03 bits per heavy atom. The Balaban J connectivity index is 2.00. The molecule has 2 aromatic heterocycles. The highest BCUT2D eigenvalue weighted by atomic mass is 16.5. The zero-order valence-electron chi connectivity index (χ0n) is 17.5. The smallest absolute Gasteiger partial charge is 0.216 e. The quantitative estimate of drug-likeness (QED) is 0.536. The van der Waals surface area contributed by atoms with Crippen LogP contribution in [0.1, 0.15) is 33.5 Å². The van der Waals surface area contributed by atoms with E-state index in [0.29, 0.717) is 44.2 Å². The van der Waals surface area contributed by atoms with E-state index in [-0.39, 0.29) is 5.91 Å². The summed E-state index contributed by atoms with van der Waals surface area (Å²) in [4.78, 5) is 20.3. The van der Waals surface area contributed by atoms with Gasteiger partial charge >= 0.3 is 0 Å². The molecule has 29 heavy (non-hydrogen) atoms. The molecule has 0 atom stereocenters. The Morgan fingerprint density at radius 3 is 2.76 bits per heavy atom. The number of nitrogens with one attached hydrogen (secondary N) is 1. The van der Waals surface area contributed by atoms with Gasteiger partial charge in [0.2, 0.25) is 5.91 Å². The highest BCUT2D eigenvalue weighted by Crippen LogP contribution is 2.30. The van der Waals surface area contributed by atoms with Crippen molar-refractivity contribution < 1.29 is 14.3 Å². The van der Waals surface area contributed by atoms with Crippen LogP contribution in [0.25, 0.3) is 21.9 Å². The van der Waals surface area contributed by atoms with Crippen molar-refractivity contribution in [2.75, 3.05) is 25.5 Å². The maximum absolute atomic E-state index is 11.1. The second-order valence-corrected chi connectivity index (χ2v) is 7.55. The van der Waals surface area contributed by atoms with Crippen LogP contribution in [0.3, 0.4) is 0 Å². The predicted octanol–water partition coefficient (Wildman–Crippen LogP) is 2.63. The van der Waals surface area contributed by atoms with E-state index in [0.717, 1.165) is 22.2 Å². The number of nitrogen functional groups attached to an aromatic ring is 1. The molecule has 156 valence electrons. The largest absolute Gasteiger partial charge is 0.382 e. The van der Waals surface area contributed by atoms with Crippen LogP contribution in [-0.2, 0) is 27.4 Å². The van der Waals surface area contributed by atoms with E-state index < -0.39 is 5.60 Å². The Hall–Kier alpha value is -2.71. The SMILES string of the molecule is CCOCc1nc2c(N)nc3ccccc3c2n1CC(C)(C)OCCNC(C)=O. The van der Waals surface area contributed by atoms with Crippen LogP contribution < -0.4 is 11.1 Å². The summed E-state index contributed by atoms with van der Waals surface area (Å²) < 4.78 is 13.8. The van der Waals surface area contributed by atoms with E-state index in [9.17, 15) is 4.79 Å². The Bertz CT molecular complexity index is 1010. The van der Waals surface area contributed by atoms with Crippen molar-refractivity contribution in [1.29, 1.82) is 0 Å². The number of fused-ring (bicyclic) bond motifs is 3. The normalized spacial score (nSPS) is 12.0. The highest BCUT2D eigenvalue weighted by Gasteiger charge is 2.25. The topological polar surface area (TPSA) is 104 Å². The van der Waals surface area contributed by atoms with Crippen LogP contribution in [0, 0.1) is 0 Å². The Labute approximate surface area is 170 Å². The molecule has 0 unspecified atom stereocenters. The van der Waals surface area contributed by atoms with E-state index in [1.807, 2.05) is 45.0 Å². The number of para-hydroxylation sites is 1. The number of amides is 1. The second-order valence-electron chi connectivity index (χ2n) is 7.55. The summed E-state index contributed by atoms with van der Waals surface area (Å²) in [6, 6.07) is 7.89. The number of carbonyl (C=O) groups excluding carboxylic acids is 1. The third-order valence-corrected chi connectivity index (χ3v) is 4.63. The van der Waals surface area contributed by atoms with Crippen LogP contribution in [0.5, 0.6) is 0 Å². The molecule has 1 aromatic carbocycles. The molecule has 2 heterocycles. The summed E-state index contributed by atoms with van der Waals surface area (Å²) in [6.07, 6.45) is 0. The number of benzene rings is 1. The molecule has 3 N–H and O–H groups in total. The Morgan fingerprint density at radius 1 is 1.28 bits per heavy atom. The third kappa shape index (κ3) is 4.83. The number of nitrogens with zero attached hydrogens (tertiary/aromatic N) is 3. The molecule has 0 radical (unpaired) electrons. The van der Waals surface area contributed by atoms with Crippen LogP contribution in [0.4, 0.5) is 5.82 Å². The number of hydrogen-bond acceptors (Lipinski definition) is 6. The summed E-state index contributed by atoms with van der Waals surface area (Å²) in [7, 11) is 0. The lowest BCUT2D eigenvalue weighted by Crippen LogP contribution is -2.35. The van der Waals surface area contributed by atoms with E-state index in [1.54, 1.807) is 0 Å². The molecule has 0 fully saturated rings. The van der Waals surface area contributed by atoms with Gasteiger partial charge in [-0.15, -0.1) is 0 Å². The monoisotopic (exact) mass is 399 g/mol. The third-order valence-electron chi connectivity index (χ3n) is 4.63. The molecule has 0 saturated carbocycles. The summed E-state index contributed by atoms with van der Waals surface area (Å²) in [5, 5.41) is 3.74. The van der Waals surface area contributed by atoms with Gasteiger partial charge in [-0.25, -0.2) is 9.97 Å². The maximum Gasteiger partial charge on any atom is 0.216 e. The maximum atomic E-state index is 11.1. The van der Waals surface area contributed by atoms with Gasteiger partial charge in [0.05, 0.1) is 29.8 Å². The first kappa shape index (κ1) is 21.0. The minimum absolute atomic E-state index is 0.0690. The average molecular weight is 399 g/mol. The minimum atomic E-state index is -0.494. The van der Waals surface area contributed by atoms with Gasteiger partial charge < -0.3 is 25.1 Å². The van der Waals surface area contributed by atoms with Gasteiger partial charge in [-0.05, 0) is 26.8 Å². The molecule has 0 aliphatic carbocycles. The lowest BCUT2D eigenvalue weighted by molar-refractivity contribution is -0.119. The highest BCUT2D eigenvalue weighted by molar-refractivity contribution is 6.06. The molecule has 3 rings (SSSR count). The van der Waals surface area contributed by atoms with E-state index in [1.165, 1.54) is 6.92 Å². The van der Waals surface area contributed by atoms with Crippen LogP contribution in [-0.4, -0.2) is 45.8 Å². The number of imidazole rings is 1. The summed E-state index contributed by atoms with van der Waals surface area (Å²) >= 11 is 0. The standard InChI is InChI=1S/C21H29N5O3/c1-5-28-12-17-25-18-19(15-8-6-7-9-16(15)24-20(18)22)26(17)13-21(3,4)29-11-10-23-14(2)27/h6-9H,5,10-13H2,1-4H3,(H2,22,24)(H,23,27). The van der Waals surface area contributed by atoms with Gasteiger partial charge in [0.15, 0.2) is 5.82 Å². The van der Waals surface area contributed by atoms with Crippen molar-refractivity contribution in [3.8, 4) is 0 Å². The summed E-state index contributed by atoms with van der Waals surface area (Å²) in [5.41, 5.74) is 8.16. The molecule has 0 aliphatic rings. The molecule has 8 heteroatoms. The van der Waals surface area contributed by atoms with Crippen LogP contribution in [0.2, 0.25) is 0 Å². The first-order valence-corrected chi connectivity index (χ1v) is 9.82. The molecule has 0 aliphatic heterocycles. The van der Waals surface area contributed by atoms with E-state index in [4.69, 9.17) is 20.2 Å². The fourth-order valence-corrected chi connectivity index (χ4v) is 3.36. The molecule has 0 saturated heterocycles. The summed E-state index contributed by atoms with van der Waals surface area (Å²) in [5.74, 6) is 1.12. The second kappa shape index (κ2) is 8.75. The van der Waals surface area contributed by atoms with Crippen LogP contribution >= 0.6 is 0 Å². The number of aromatic nitrogens is 3. The van der Waals surface area contributed by atoms with Crippen molar-refractivity contribution >= 4 is 33.7 Å². The first-order chi connectivity index (χ1) is 13.8. The van der Waals surface area contributed by atoms with Crippen LogP contribution in [0.15, 0.2) is 24.3 Å². The summed E-state index contributed by atoms with van der Waals surface area (Å²) in [6.45, 7) is 9.89. The van der Waals surface area contributed by atoms with Crippen molar-refractivity contribution in [1.82, 2.24) is 19.9 Å². The fourth-order valence-electron chi connectivity index (χ4n) is 3.36.